The molecule has 4 aromatic rings. The minimum absolute atomic E-state index is 0.0728. The van der Waals surface area contributed by atoms with Gasteiger partial charge >= 0.3 is 6.18 Å². The van der Waals surface area contributed by atoms with E-state index in [0.717, 1.165) is 0 Å². The second kappa shape index (κ2) is 5.49. The van der Waals surface area contributed by atoms with Crippen LogP contribution >= 0.6 is 11.6 Å². The van der Waals surface area contributed by atoms with Gasteiger partial charge < -0.3 is 14.2 Å². The van der Waals surface area contributed by atoms with Crippen molar-refractivity contribution in [2.24, 2.45) is 7.05 Å². The molecule has 7 nitrogen and oxygen atoms in total. The van der Waals surface area contributed by atoms with E-state index < -0.39 is 12.0 Å². The summed E-state index contributed by atoms with van der Waals surface area (Å²) in [6.07, 6.45) is -0.0787. The molecule has 134 valence electrons. The van der Waals surface area contributed by atoms with E-state index >= 15 is 0 Å². The molecule has 0 radical (unpaired) electrons. The Balaban J connectivity index is 2.09. The second-order valence-corrected chi connectivity index (χ2v) is 5.90. The first-order chi connectivity index (χ1) is 12.3. The molecule has 0 amide bonds. The van der Waals surface area contributed by atoms with Gasteiger partial charge in [0.15, 0.2) is 5.82 Å². The maximum absolute atomic E-state index is 12.9. The van der Waals surface area contributed by atoms with E-state index in [-0.39, 0.29) is 16.6 Å². The van der Waals surface area contributed by atoms with Crippen LogP contribution in [0.2, 0.25) is 5.02 Å². The van der Waals surface area contributed by atoms with Crippen LogP contribution in [0.5, 0.6) is 5.75 Å². The summed E-state index contributed by atoms with van der Waals surface area (Å²) in [4.78, 5) is 7.55. The molecule has 0 saturated carbocycles. The van der Waals surface area contributed by atoms with Crippen LogP contribution in [0, 0.1) is 0 Å². The number of imidazole rings is 1. The van der Waals surface area contributed by atoms with Crippen LogP contribution in [0.3, 0.4) is 0 Å². The molecule has 0 unspecified atom stereocenters. The average Bonchev–Trinajstić information content (AvgIpc) is 3.29. The van der Waals surface area contributed by atoms with Crippen LogP contribution in [0.1, 0.15) is 5.82 Å². The number of rotatable bonds is 2. The number of H-pyrrole nitrogens is 1. The van der Waals surface area contributed by atoms with Crippen molar-refractivity contribution >= 4 is 22.5 Å². The van der Waals surface area contributed by atoms with Gasteiger partial charge in [-0.25, -0.2) is 9.97 Å². The van der Waals surface area contributed by atoms with Crippen molar-refractivity contribution in [3.8, 4) is 23.0 Å². The molecule has 2 N–H and O–H groups in total. The highest BCUT2D eigenvalue weighted by Gasteiger charge is 2.37. The Morgan fingerprint density at radius 2 is 2.04 bits per heavy atom. The minimum atomic E-state index is -4.68. The summed E-state index contributed by atoms with van der Waals surface area (Å²) < 4.78 is 41.9. The number of nitrogens with one attached hydrogen (secondary N) is 1. The van der Waals surface area contributed by atoms with Crippen LogP contribution in [-0.2, 0) is 13.2 Å². The lowest BCUT2D eigenvalue weighted by Crippen LogP contribution is -2.07. The first-order valence-electron chi connectivity index (χ1n) is 7.27. The molecule has 26 heavy (non-hydrogen) atoms. The van der Waals surface area contributed by atoms with Gasteiger partial charge in [-0.05, 0) is 12.1 Å². The molecule has 0 atom stereocenters. The number of aromatic hydroxyl groups is 1. The maximum atomic E-state index is 12.9. The number of aromatic nitrogens is 6. The number of hydrogen-bond donors (Lipinski definition) is 2. The Bertz CT molecular complexity index is 1110. The van der Waals surface area contributed by atoms with Crippen molar-refractivity contribution in [3.63, 3.8) is 0 Å². The molecule has 0 aliphatic carbocycles. The number of nitrogens with zero attached hydrogens (tertiary/aromatic N) is 5. The van der Waals surface area contributed by atoms with E-state index in [9.17, 15) is 18.3 Å². The largest absolute Gasteiger partial charge is 0.506 e. The summed E-state index contributed by atoms with van der Waals surface area (Å²) in [5, 5.41) is 16.1. The number of phenols is 1. The van der Waals surface area contributed by atoms with Crippen molar-refractivity contribution in [2.45, 2.75) is 6.18 Å². The smallest absolute Gasteiger partial charge is 0.453 e. The summed E-state index contributed by atoms with van der Waals surface area (Å²) in [5.41, 5.74) is 1.33. The van der Waals surface area contributed by atoms with Gasteiger partial charge in [0.2, 0.25) is 0 Å². The number of aryl methyl sites for hydroxylation is 1. The number of halogens is 4. The summed E-state index contributed by atoms with van der Waals surface area (Å²) in [5.74, 6) is -1.51. The maximum Gasteiger partial charge on any atom is 0.453 e. The second-order valence-electron chi connectivity index (χ2n) is 5.52. The lowest BCUT2D eigenvalue weighted by atomic mass is 10.2. The Hall–Kier alpha value is -3.01. The van der Waals surface area contributed by atoms with Gasteiger partial charge in [0.25, 0.3) is 5.82 Å². The van der Waals surface area contributed by atoms with Gasteiger partial charge in [-0.1, -0.05) is 11.6 Å². The highest BCUT2D eigenvalue weighted by Crippen LogP contribution is 2.42. The normalized spacial score (nSPS) is 12.2. The number of benzene rings is 1. The van der Waals surface area contributed by atoms with Crippen molar-refractivity contribution in [1.29, 1.82) is 0 Å². The van der Waals surface area contributed by atoms with E-state index in [1.807, 2.05) is 0 Å². The SMILES string of the molecule is Cn1c(-c2nc(C(F)(F)F)n[nH]2)c(-n2ccnc2)c2c(Cl)c(O)ccc21. The van der Waals surface area contributed by atoms with Crippen molar-refractivity contribution in [2.75, 3.05) is 0 Å². The number of fused-ring (bicyclic) bond motifs is 1. The molecule has 0 spiro atoms. The molecule has 3 aromatic heterocycles. The van der Waals surface area contributed by atoms with Gasteiger partial charge in [0.05, 0.1) is 22.6 Å². The van der Waals surface area contributed by atoms with Crippen molar-refractivity contribution < 1.29 is 18.3 Å². The van der Waals surface area contributed by atoms with E-state index in [1.54, 1.807) is 28.4 Å². The molecule has 11 heteroatoms. The highest BCUT2D eigenvalue weighted by atomic mass is 35.5. The predicted molar refractivity (Wildman–Crippen MR) is 87.1 cm³/mol. The van der Waals surface area contributed by atoms with Gasteiger partial charge in [-0.3, -0.25) is 5.10 Å². The fourth-order valence-corrected chi connectivity index (χ4v) is 3.11. The fraction of sp³-hybridized carbons (Fsp3) is 0.133. The van der Waals surface area contributed by atoms with Crippen LogP contribution in [-0.4, -0.2) is 34.4 Å². The van der Waals surface area contributed by atoms with E-state index in [1.165, 1.54) is 18.6 Å². The van der Waals surface area contributed by atoms with E-state index in [2.05, 4.69) is 20.2 Å². The van der Waals surface area contributed by atoms with Gasteiger partial charge in [-0.2, -0.15) is 13.2 Å². The van der Waals surface area contributed by atoms with Gasteiger partial charge in [-0.15, -0.1) is 5.10 Å². The van der Waals surface area contributed by atoms with Crippen molar-refractivity contribution in [1.82, 2.24) is 29.3 Å². The predicted octanol–water partition coefficient (Wildman–Crippen LogP) is 3.53. The molecular weight excluding hydrogens is 373 g/mol. The topological polar surface area (TPSA) is 84.5 Å². The number of phenolic OH excluding ortho intramolecular Hbond substituents is 1. The van der Waals surface area contributed by atoms with Gasteiger partial charge in [0.1, 0.15) is 11.4 Å². The van der Waals surface area contributed by atoms with Crippen LogP contribution in [0.25, 0.3) is 28.1 Å². The molecule has 0 bridgehead atoms. The highest BCUT2D eigenvalue weighted by molar-refractivity contribution is 6.38. The van der Waals surface area contributed by atoms with Crippen LogP contribution in [0.4, 0.5) is 13.2 Å². The summed E-state index contributed by atoms with van der Waals surface area (Å²) in [7, 11) is 1.65. The molecule has 0 saturated heterocycles. The summed E-state index contributed by atoms with van der Waals surface area (Å²) in [6.45, 7) is 0. The number of alkyl halides is 3. The Labute approximate surface area is 148 Å². The number of aromatic amines is 1. The van der Waals surface area contributed by atoms with E-state index in [0.29, 0.717) is 22.3 Å². The Morgan fingerprint density at radius 1 is 1.27 bits per heavy atom. The van der Waals surface area contributed by atoms with Crippen LogP contribution in [0.15, 0.2) is 30.9 Å². The lowest BCUT2D eigenvalue weighted by Gasteiger charge is -2.06. The minimum Gasteiger partial charge on any atom is -0.506 e. The third kappa shape index (κ3) is 2.33. The number of hydrogen-bond acceptors (Lipinski definition) is 4. The monoisotopic (exact) mass is 382 g/mol. The quantitative estimate of drug-likeness (QED) is 0.555. The Morgan fingerprint density at radius 3 is 2.65 bits per heavy atom. The molecule has 1 aromatic carbocycles. The fourth-order valence-electron chi connectivity index (χ4n) is 2.87. The molecule has 0 aliphatic rings. The van der Waals surface area contributed by atoms with E-state index in [4.69, 9.17) is 11.6 Å². The third-order valence-corrected chi connectivity index (χ3v) is 4.37. The lowest BCUT2D eigenvalue weighted by molar-refractivity contribution is -0.144. The van der Waals surface area contributed by atoms with Gasteiger partial charge in [0, 0.05) is 24.8 Å². The molecule has 3 heterocycles. The average molecular weight is 383 g/mol. The molecule has 4 rings (SSSR count). The summed E-state index contributed by atoms with van der Waals surface area (Å²) in [6, 6.07) is 3.02. The first-order valence-corrected chi connectivity index (χ1v) is 7.65. The zero-order valence-corrected chi connectivity index (χ0v) is 13.8. The standard InChI is InChI=1S/C15H10ClF3N6O/c1-24-7-2-3-8(26)10(16)9(7)11(25-5-4-20-6-25)12(24)13-21-14(23-22-13)15(17,18)19/h2-6,26H,1H3,(H,21,22,23). The third-order valence-electron chi connectivity index (χ3n) is 3.98. The molecule has 0 fully saturated rings. The molecule has 0 aliphatic heterocycles. The van der Waals surface area contributed by atoms with Crippen molar-refractivity contribution in [3.05, 3.63) is 41.7 Å². The zero-order chi connectivity index (χ0) is 18.6. The first kappa shape index (κ1) is 16.5. The van der Waals surface area contributed by atoms with Crippen LogP contribution < -0.4 is 0 Å². The molecular formula is C15H10ClF3N6O. The zero-order valence-electron chi connectivity index (χ0n) is 13.1. The summed E-state index contributed by atoms with van der Waals surface area (Å²) >= 11 is 6.28. The Kier molecular flexibility index (Phi) is 3.48.